The molecule has 0 fully saturated rings. The van der Waals surface area contributed by atoms with Crippen molar-refractivity contribution >= 4 is 17.9 Å². The number of hydrogen-bond donors (Lipinski definition) is 1. The lowest BCUT2D eigenvalue weighted by molar-refractivity contribution is -0.870. The van der Waals surface area contributed by atoms with Crippen molar-refractivity contribution in [3.05, 3.63) is 85.1 Å². The Kier molecular flexibility index (Phi) is 72.4. The van der Waals surface area contributed by atoms with E-state index in [-0.39, 0.29) is 32.2 Å². The molecule has 0 aromatic heterocycles. The number of aliphatic carboxylic acids is 1. The van der Waals surface area contributed by atoms with Gasteiger partial charge in [-0.3, -0.25) is 9.59 Å². The second-order valence-electron chi connectivity index (χ2n) is 28.4. The van der Waals surface area contributed by atoms with Crippen molar-refractivity contribution < 1.29 is 42.9 Å². The van der Waals surface area contributed by atoms with Gasteiger partial charge in [0.25, 0.3) is 6.29 Å². The molecule has 9 heteroatoms. The number of nitrogens with zero attached hydrogens (tertiary/aromatic N) is 1. The number of carbonyl (C=O) groups excluding carboxylic acids is 2. The molecule has 546 valence electrons. The van der Waals surface area contributed by atoms with Crippen LogP contribution >= 0.6 is 0 Å². The molecule has 0 saturated carbocycles. The smallest absolute Gasteiger partial charge is 0.361 e. The molecule has 0 bridgehead atoms. The third-order valence-corrected chi connectivity index (χ3v) is 17.9. The van der Waals surface area contributed by atoms with E-state index in [1.807, 2.05) is 21.1 Å². The van der Waals surface area contributed by atoms with E-state index in [2.05, 4.69) is 98.9 Å². The van der Waals surface area contributed by atoms with Gasteiger partial charge in [0, 0.05) is 12.8 Å². The maximum atomic E-state index is 13.0. The van der Waals surface area contributed by atoms with Gasteiger partial charge >= 0.3 is 17.9 Å². The fourth-order valence-corrected chi connectivity index (χ4v) is 11.8. The van der Waals surface area contributed by atoms with Crippen molar-refractivity contribution in [2.75, 3.05) is 47.5 Å². The first kappa shape index (κ1) is 90.5. The van der Waals surface area contributed by atoms with E-state index < -0.39 is 24.3 Å². The van der Waals surface area contributed by atoms with E-state index in [0.717, 1.165) is 83.5 Å². The lowest BCUT2D eigenvalue weighted by Gasteiger charge is -2.25. The maximum Gasteiger partial charge on any atom is 0.361 e. The first-order chi connectivity index (χ1) is 46.1. The zero-order valence-corrected chi connectivity index (χ0v) is 62.6. The average molecular weight is 1320 g/mol. The summed E-state index contributed by atoms with van der Waals surface area (Å²) in [5.41, 5.74) is 0. The minimum atomic E-state index is -1.51. The van der Waals surface area contributed by atoms with Crippen LogP contribution in [-0.2, 0) is 33.3 Å². The predicted molar refractivity (Wildman–Crippen MR) is 406 cm³/mol. The second-order valence-corrected chi connectivity index (χ2v) is 28.4. The molecule has 0 aliphatic carbocycles. The minimum Gasteiger partial charge on any atom is -0.477 e. The van der Waals surface area contributed by atoms with E-state index >= 15 is 0 Å². The largest absolute Gasteiger partial charge is 0.477 e. The van der Waals surface area contributed by atoms with Crippen LogP contribution in [0.3, 0.4) is 0 Å². The Hall–Kier alpha value is -3.53. The van der Waals surface area contributed by atoms with E-state index in [1.165, 1.54) is 270 Å². The topological polar surface area (TPSA) is 108 Å². The number of carboxylic acid groups (broad SMARTS) is 1. The number of hydrogen-bond acceptors (Lipinski definition) is 7. The zero-order chi connectivity index (χ0) is 68.2. The van der Waals surface area contributed by atoms with Gasteiger partial charge < -0.3 is 28.5 Å². The minimum absolute atomic E-state index is 0.181. The molecule has 0 amide bonds. The SMILES string of the molecule is CC/C=C\C/C=C\C/C=C\C/C=C\C/C=C\C/C=C\C/C=C\CCCCCCCCCCCCCCCC(=O)OC(COC(=O)CCCCCCCCCCCCCCCCCCCCCCCCCCCCCCCCCCCC)COC(OCC[N+](C)(C)C)C(=O)O. The number of carboxylic acids is 1. The van der Waals surface area contributed by atoms with Gasteiger partial charge in [-0.2, -0.15) is 0 Å². The molecule has 1 N–H and O–H groups in total. The Balaban J connectivity index is 4.02. The quantitative estimate of drug-likeness (QED) is 0.0211. The summed E-state index contributed by atoms with van der Waals surface area (Å²) in [4.78, 5) is 37.7. The van der Waals surface area contributed by atoms with Gasteiger partial charge in [-0.25, -0.2) is 4.79 Å². The number of allylic oxidation sites excluding steroid dienone is 14. The highest BCUT2D eigenvalue weighted by Crippen LogP contribution is 2.20. The Morgan fingerprint density at radius 2 is 0.606 bits per heavy atom. The normalized spacial score (nSPS) is 13.1. The second kappa shape index (κ2) is 75.2. The van der Waals surface area contributed by atoms with Crippen molar-refractivity contribution in [2.24, 2.45) is 0 Å². The summed E-state index contributed by atoms with van der Waals surface area (Å²) in [5.74, 6) is -1.99. The number of quaternary nitrogens is 1. The first-order valence-electron chi connectivity index (χ1n) is 40.3. The molecule has 0 aromatic rings. The Morgan fingerprint density at radius 3 is 0.904 bits per heavy atom. The summed E-state index contributed by atoms with van der Waals surface area (Å²) in [6.45, 7) is 4.82. The third kappa shape index (κ3) is 75.8. The van der Waals surface area contributed by atoms with E-state index in [1.54, 1.807) is 0 Å². The average Bonchev–Trinajstić information content (AvgIpc) is 3.76. The molecule has 0 aliphatic heterocycles. The molecule has 94 heavy (non-hydrogen) atoms. The van der Waals surface area contributed by atoms with Gasteiger partial charge in [0.15, 0.2) is 6.10 Å². The molecule has 2 unspecified atom stereocenters. The maximum absolute atomic E-state index is 13.0. The molecular formula is C85H154NO8+. The molecule has 0 spiro atoms. The first-order valence-corrected chi connectivity index (χ1v) is 40.3. The van der Waals surface area contributed by atoms with Crippen LogP contribution in [0.5, 0.6) is 0 Å². The highest BCUT2D eigenvalue weighted by atomic mass is 16.7. The Bertz CT molecular complexity index is 1820. The van der Waals surface area contributed by atoms with Gasteiger partial charge in [0.2, 0.25) is 0 Å². The molecule has 0 aromatic carbocycles. The predicted octanol–water partition coefficient (Wildman–Crippen LogP) is 25.8. The van der Waals surface area contributed by atoms with Crippen LogP contribution in [-0.4, -0.2) is 87.4 Å². The molecular weight excluding hydrogens is 1160 g/mol. The highest BCUT2D eigenvalue weighted by molar-refractivity contribution is 5.71. The fraction of sp³-hybridized carbons (Fsp3) is 0.800. The Morgan fingerprint density at radius 1 is 0.330 bits per heavy atom. The van der Waals surface area contributed by atoms with Gasteiger partial charge in [0.1, 0.15) is 13.2 Å². The van der Waals surface area contributed by atoms with Crippen LogP contribution in [0.1, 0.15) is 380 Å². The van der Waals surface area contributed by atoms with Crippen LogP contribution in [0.15, 0.2) is 85.1 Å². The van der Waals surface area contributed by atoms with Gasteiger partial charge in [-0.1, -0.05) is 381 Å². The number of esters is 2. The number of carbonyl (C=O) groups is 3. The van der Waals surface area contributed by atoms with E-state index in [4.69, 9.17) is 18.9 Å². The number of likely N-dealkylation sites (N-methyl/N-ethyl adjacent to an activating group) is 1. The summed E-state index contributed by atoms with van der Waals surface area (Å²) >= 11 is 0. The fourth-order valence-electron chi connectivity index (χ4n) is 11.8. The number of ether oxygens (including phenoxy) is 4. The molecule has 9 nitrogen and oxygen atoms in total. The van der Waals surface area contributed by atoms with Crippen LogP contribution in [0.25, 0.3) is 0 Å². The summed E-state index contributed by atoms with van der Waals surface area (Å²) in [6.07, 6.45) is 100. The highest BCUT2D eigenvalue weighted by Gasteiger charge is 2.25. The third-order valence-electron chi connectivity index (χ3n) is 17.9. The molecule has 0 saturated heterocycles. The van der Waals surface area contributed by atoms with Crippen LogP contribution in [0.2, 0.25) is 0 Å². The number of unbranched alkanes of at least 4 members (excludes halogenated alkanes) is 46. The zero-order valence-electron chi connectivity index (χ0n) is 62.6. The van der Waals surface area contributed by atoms with Crippen LogP contribution < -0.4 is 0 Å². The molecule has 0 aliphatic rings. The van der Waals surface area contributed by atoms with Crippen LogP contribution in [0.4, 0.5) is 0 Å². The Labute approximate surface area is 582 Å². The van der Waals surface area contributed by atoms with Crippen molar-refractivity contribution in [3.8, 4) is 0 Å². The number of rotatable bonds is 75. The standard InChI is InChI=1S/C85H153NO8/c1-6-8-10-12-14-16-18-20-22-24-26-28-30-32-34-36-38-40-42-44-46-48-50-52-54-56-58-60-62-64-66-68-70-72-74-76-83(88)94-81(80-93-85(84(89)90)91-78-77-86(3,4)5)79-92-82(87)75-73-71-69-67-65-63-61-59-57-55-53-51-49-47-45-43-41-39-37-35-33-31-29-27-25-23-21-19-17-15-13-11-9-7-2/h8,10,14,16,20,22,26,28,32,34,38,40,44,46,81,85H,6-7,9,11-13,15,17-19,21,23-25,27,29-31,33,35-37,39,41-43,45,47-80H2,1-5H3/p+1/b10-8-,16-14-,22-20-,28-26-,34-32-,40-38-,46-44-. The van der Waals surface area contributed by atoms with Gasteiger partial charge in [-0.05, 0) is 70.6 Å². The van der Waals surface area contributed by atoms with Crippen molar-refractivity contribution in [1.29, 1.82) is 0 Å². The van der Waals surface area contributed by atoms with E-state index in [9.17, 15) is 19.5 Å². The summed E-state index contributed by atoms with van der Waals surface area (Å²) in [5, 5.41) is 9.77. The molecule has 0 radical (unpaired) electrons. The lowest BCUT2D eigenvalue weighted by Crippen LogP contribution is -2.40. The summed E-state index contributed by atoms with van der Waals surface area (Å²) in [7, 11) is 5.99. The van der Waals surface area contributed by atoms with Crippen LogP contribution in [0, 0.1) is 0 Å². The van der Waals surface area contributed by atoms with Crippen molar-refractivity contribution in [2.45, 2.75) is 392 Å². The van der Waals surface area contributed by atoms with Gasteiger partial charge in [-0.15, -0.1) is 0 Å². The molecule has 0 heterocycles. The van der Waals surface area contributed by atoms with Gasteiger partial charge in [0.05, 0.1) is 34.4 Å². The van der Waals surface area contributed by atoms with Crippen molar-refractivity contribution in [1.82, 2.24) is 0 Å². The monoisotopic (exact) mass is 1320 g/mol. The van der Waals surface area contributed by atoms with E-state index in [0.29, 0.717) is 17.4 Å². The molecule has 2 atom stereocenters. The summed E-state index contributed by atoms with van der Waals surface area (Å²) < 4.78 is 23.1. The lowest BCUT2D eigenvalue weighted by atomic mass is 10.0. The van der Waals surface area contributed by atoms with Crippen molar-refractivity contribution in [3.63, 3.8) is 0 Å². The summed E-state index contributed by atoms with van der Waals surface area (Å²) in [6, 6.07) is 0. The molecule has 0 rings (SSSR count).